The molecule has 2 N–H and O–H groups in total. The first-order valence-electron chi connectivity index (χ1n) is 29.6. The van der Waals surface area contributed by atoms with Gasteiger partial charge in [-0.2, -0.15) is 0 Å². The zero-order valence-corrected chi connectivity index (χ0v) is 48.7. The number of ether oxygens (including phenoxy) is 1. The first-order valence-corrected chi connectivity index (χ1v) is 31.1. The monoisotopic (exact) mass is 1040 g/mol. The Balaban J connectivity index is 5.42. The number of allylic oxidation sites excluding steroid dienone is 15. The van der Waals surface area contributed by atoms with Crippen LogP contribution in [0, 0.1) is 0 Å². The van der Waals surface area contributed by atoms with E-state index in [-0.39, 0.29) is 31.5 Å². The molecule has 10 heteroatoms. The second kappa shape index (κ2) is 52.4. The molecule has 0 heterocycles. The number of phosphoric acid groups is 1. The summed E-state index contributed by atoms with van der Waals surface area (Å²) >= 11 is 0. The van der Waals surface area contributed by atoms with E-state index in [0.717, 1.165) is 96.3 Å². The minimum atomic E-state index is -4.46. The van der Waals surface area contributed by atoms with Gasteiger partial charge in [-0.3, -0.25) is 18.6 Å². The van der Waals surface area contributed by atoms with Crippen LogP contribution in [0.25, 0.3) is 0 Å². The van der Waals surface area contributed by atoms with Gasteiger partial charge in [-0.05, 0) is 96.0 Å². The van der Waals surface area contributed by atoms with Crippen LogP contribution in [-0.4, -0.2) is 74.3 Å². The van der Waals surface area contributed by atoms with E-state index in [1.807, 2.05) is 33.3 Å². The summed E-state index contributed by atoms with van der Waals surface area (Å²) in [7, 11) is 1.46. The third kappa shape index (κ3) is 53.6. The molecule has 0 bridgehead atoms. The van der Waals surface area contributed by atoms with Crippen LogP contribution in [-0.2, 0) is 27.9 Å². The number of carbonyl (C=O) groups excluding carboxylic acids is 2. The van der Waals surface area contributed by atoms with Crippen molar-refractivity contribution in [3.05, 3.63) is 97.2 Å². The van der Waals surface area contributed by atoms with E-state index in [1.165, 1.54) is 103 Å². The maximum absolute atomic E-state index is 13.5. The molecule has 3 unspecified atom stereocenters. The lowest BCUT2D eigenvalue weighted by Crippen LogP contribution is -2.47. The number of hydrogen-bond donors (Lipinski definition) is 2. The van der Waals surface area contributed by atoms with Gasteiger partial charge in [0.1, 0.15) is 19.3 Å². The van der Waals surface area contributed by atoms with Crippen LogP contribution in [0.2, 0.25) is 0 Å². The van der Waals surface area contributed by atoms with Gasteiger partial charge in [0.15, 0.2) is 0 Å². The molecular formula is C63H112N2O7P+. The molecule has 3 atom stereocenters. The zero-order chi connectivity index (χ0) is 53.6. The predicted octanol–water partition coefficient (Wildman–Crippen LogP) is 18.0. The van der Waals surface area contributed by atoms with Crippen molar-refractivity contribution in [3.63, 3.8) is 0 Å². The third-order valence-electron chi connectivity index (χ3n) is 12.6. The molecule has 0 radical (unpaired) electrons. The van der Waals surface area contributed by atoms with Gasteiger partial charge in [0.2, 0.25) is 5.91 Å². The maximum atomic E-state index is 13.5. The third-order valence-corrected chi connectivity index (χ3v) is 13.6. The van der Waals surface area contributed by atoms with Gasteiger partial charge in [0.25, 0.3) is 0 Å². The molecule has 73 heavy (non-hydrogen) atoms. The van der Waals surface area contributed by atoms with Crippen molar-refractivity contribution in [1.82, 2.24) is 5.32 Å². The Hall–Kier alpha value is -3.07. The number of unbranched alkanes of at least 4 members (excludes halogenated alkanes) is 24. The summed E-state index contributed by atoms with van der Waals surface area (Å²) in [5.74, 6) is -0.560. The zero-order valence-electron chi connectivity index (χ0n) is 47.8. The van der Waals surface area contributed by atoms with E-state index in [1.54, 1.807) is 0 Å². The fourth-order valence-corrected chi connectivity index (χ4v) is 8.72. The van der Waals surface area contributed by atoms with Crippen LogP contribution in [0.15, 0.2) is 97.2 Å². The molecule has 0 aromatic rings. The van der Waals surface area contributed by atoms with E-state index in [2.05, 4.69) is 111 Å². The smallest absolute Gasteiger partial charge is 0.456 e. The Bertz CT molecular complexity index is 1570. The summed E-state index contributed by atoms with van der Waals surface area (Å²) in [5, 5.41) is 3.03. The standard InChI is InChI=1S/C63H111N2O7P/c1-7-10-13-16-19-22-25-28-30-31-32-33-35-38-41-44-47-50-53-56-63(67)72-61(54-51-48-45-42-39-36-27-24-21-18-15-12-9-3)60(59-71-73(68,69)70-58-57-65(4,5)6)64-62(66)55-52-49-46-43-40-37-34-29-26-23-20-17-14-11-8-2/h11,14,17,19-20,22-23,26,28,30,32-33,38,41,51,54,60-61H,7-10,12-13,15-16,18,21,24-25,27,29,31,34-37,39-40,42-50,52-53,55-59H2,1-6H3,(H-,64,66,68,69)/p+1/b14-11+,20-17+,22-19-,26-23+,30-28-,33-32-,41-38-,54-51+. The van der Waals surface area contributed by atoms with E-state index in [9.17, 15) is 19.0 Å². The van der Waals surface area contributed by atoms with Crippen LogP contribution in [0.4, 0.5) is 0 Å². The highest BCUT2D eigenvalue weighted by Crippen LogP contribution is 2.43. The van der Waals surface area contributed by atoms with Crippen molar-refractivity contribution in [2.75, 3.05) is 40.9 Å². The second-order valence-corrected chi connectivity index (χ2v) is 22.3. The molecule has 0 aromatic carbocycles. The Kier molecular flexibility index (Phi) is 50.2. The molecule has 0 spiro atoms. The summed E-state index contributed by atoms with van der Waals surface area (Å²) in [6.07, 6.45) is 69.7. The average Bonchev–Trinajstić information content (AvgIpc) is 3.35. The lowest BCUT2D eigenvalue weighted by atomic mass is 10.0. The number of rotatable bonds is 52. The van der Waals surface area contributed by atoms with E-state index >= 15 is 0 Å². The summed E-state index contributed by atoms with van der Waals surface area (Å²) in [6, 6.07) is -0.873. The van der Waals surface area contributed by atoms with Gasteiger partial charge in [0, 0.05) is 12.8 Å². The average molecular weight is 1040 g/mol. The molecule has 0 aromatic heterocycles. The van der Waals surface area contributed by atoms with Crippen molar-refractivity contribution >= 4 is 19.7 Å². The molecule has 0 saturated carbocycles. The van der Waals surface area contributed by atoms with Crippen LogP contribution in [0.3, 0.4) is 0 Å². The second-order valence-electron chi connectivity index (χ2n) is 20.8. The lowest BCUT2D eigenvalue weighted by molar-refractivity contribution is -0.870. The Morgan fingerprint density at radius 2 is 0.932 bits per heavy atom. The molecule has 0 rings (SSSR count). The molecule has 0 aliphatic heterocycles. The summed E-state index contributed by atoms with van der Waals surface area (Å²) in [4.78, 5) is 37.6. The fourth-order valence-electron chi connectivity index (χ4n) is 7.98. The SMILES string of the molecule is CC/C=C/C=C/C=C/CCCCCCCCCC(=O)NC(COP(=O)(O)OCC[N+](C)(C)C)C(/C=C/CCCCCCCCCCCCC)OC(=O)CCCCC/C=C\C/C=C\C/C=C\C/C=C\CCCCC. The summed E-state index contributed by atoms with van der Waals surface area (Å²) < 4.78 is 30.6. The summed E-state index contributed by atoms with van der Waals surface area (Å²) in [6.45, 7) is 6.81. The van der Waals surface area contributed by atoms with Gasteiger partial charge in [-0.25, -0.2) is 4.57 Å². The number of phosphoric ester groups is 1. The van der Waals surface area contributed by atoms with Crippen molar-refractivity contribution in [3.8, 4) is 0 Å². The van der Waals surface area contributed by atoms with Gasteiger partial charge in [-0.1, -0.05) is 227 Å². The highest BCUT2D eigenvalue weighted by Gasteiger charge is 2.30. The molecule has 0 aliphatic carbocycles. The van der Waals surface area contributed by atoms with Crippen molar-refractivity contribution in [1.29, 1.82) is 0 Å². The van der Waals surface area contributed by atoms with Gasteiger partial charge >= 0.3 is 13.8 Å². The number of esters is 1. The molecule has 420 valence electrons. The number of nitrogens with zero attached hydrogens (tertiary/aromatic N) is 1. The fraction of sp³-hybridized carbons (Fsp3) is 0.714. The topological polar surface area (TPSA) is 111 Å². The van der Waals surface area contributed by atoms with Gasteiger partial charge in [0.05, 0.1) is 33.8 Å². The molecule has 1 amide bonds. The van der Waals surface area contributed by atoms with Gasteiger partial charge < -0.3 is 19.4 Å². The van der Waals surface area contributed by atoms with Crippen molar-refractivity contribution in [2.45, 2.75) is 251 Å². The maximum Gasteiger partial charge on any atom is 0.472 e. The number of amides is 1. The normalized spacial score (nSPS) is 14.5. The molecule has 0 saturated heterocycles. The highest BCUT2D eigenvalue weighted by molar-refractivity contribution is 7.47. The number of carbonyl (C=O) groups is 2. The van der Waals surface area contributed by atoms with Crippen molar-refractivity contribution < 1.29 is 37.3 Å². The minimum Gasteiger partial charge on any atom is -0.456 e. The Labute approximate surface area is 449 Å². The Morgan fingerprint density at radius 1 is 0.507 bits per heavy atom. The van der Waals surface area contributed by atoms with E-state index in [4.69, 9.17) is 13.8 Å². The number of hydrogen-bond acceptors (Lipinski definition) is 6. The Morgan fingerprint density at radius 3 is 1.47 bits per heavy atom. The van der Waals surface area contributed by atoms with E-state index in [0.29, 0.717) is 23.9 Å². The molecular weight excluding hydrogens is 928 g/mol. The first-order chi connectivity index (χ1) is 35.4. The largest absolute Gasteiger partial charge is 0.472 e. The molecule has 0 aliphatic rings. The van der Waals surface area contributed by atoms with Crippen molar-refractivity contribution in [2.24, 2.45) is 0 Å². The lowest BCUT2D eigenvalue weighted by Gasteiger charge is -2.27. The minimum absolute atomic E-state index is 0.0276. The van der Waals surface area contributed by atoms with E-state index < -0.39 is 20.0 Å². The van der Waals surface area contributed by atoms with Crippen LogP contribution < -0.4 is 5.32 Å². The molecule has 9 nitrogen and oxygen atoms in total. The van der Waals surface area contributed by atoms with Crippen LogP contribution in [0.5, 0.6) is 0 Å². The number of likely N-dealkylation sites (N-methyl/N-ethyl adjacent to an activating group) is 1. The van der Waals surface area contributed by atoms with Gasteiger partial charge in [-0.15, -0.1) is 0 Å². The molecule has 0 fully saturated rings. The number of quaternary nitrogens is 1. The first kappa shape index (κ1) is 69.9. The highest BCUT2D eigenvalue weighted by atomic mass is 31.2. The number of nitrogens with one attached hydrogen (secondary N) is 1. The van der Waals surface area contributed by atoms with Crippen LogP contribution in [0.1, 0.15) is 239 Å². The summed E-state index contributed by atoms with van der Waals surface area (Å²) in [5.41, 5.74) is 0. The van der Waals surface area contributed by atoms with Crippen LogP contribution >= 0.6 is 7.82 Å². The predicted molar refractivity (Wildman–Crippen MR) is 314 cm³/mol. The quantitative estimate of drug-likeness (QED) is 0.0156.